The molecule has 0 saturated heterocycles. The van der Waals surface area contributed by atoms with E-state index in [1.54, 1.807) is 18.2 Å². The number of hydrogen-bond acceptors (Lipinski definition) is 3. The molecule has 3 heteroatoms. The fraction of sp³-hybridized carbons (Fsp3) is 0.130. The number of rotatable bonds is 11. The molecule has 2 aromatic rings. The van der Waals surface area contributed by atoms with Crippen LogP contribution in [-0.4, -0.2) is 19.8 Å². The third kappa shape index (κ3) is 6.36. The topological polar surface area (TPSA) is 27.7 Å². The van der Waals surface area contributed by atoms with Gasteiger partial charge >= 0.3 is 0 Å². The summed E-state index contributed by atoms with van der Waals surface area (Å²) < 4.78 is 16.8. The summed E-state index contributed by atoms with van der Waals surface area (Å²) in [5.74, 6) is 2.29. The van der Waals surface area contributed by atoms with Crippen molar-refractivity contribution in [3.8, 4) is 17.2 Å². The molecule has 0 saturated carbocycles. The van der Waals surface area contributed by atoms with Crippen molar-refractivity contribution in [2.75, 3.05) is 19.8 Å². The van der Waals surface area contributed by atoms with E-state index in [0.717, 1.165) is 28.4 Å². The van der Waals surface area contributed by atoms with Crippen LogP contribution in [-0.2, 0) is 0 Å². The van der Waals surface area contributed by atoms with Gasteiger partial charge in [-0.15, -0.1) is 0 Å². The summed E-state index contributed by atoms with van der Waals surface area (Å²) >= 11 is 0. The Balaban J connectivity index is 2.14. The van der Waals surface area contributed by atoms with Crippen LogP contribution in [0.15, 0.2) is 80.4 Å². The molecule has 0 heterocycles. The number of benzene rings is 2. The lowest BCUT2D eigenvalue weighted by Crippen LogP contribution is -1.97. The van der Waals surface area contributed by atoms with E-state index in [9.17, 15) is 0 Å². The van der Waals surface area contributed by atoms with Gasteiger partial charge in [-0.1, -0.05) is 62.2 Å². The van der Waals surface area contributed by atoms with E-state index in [4.69, 9.17) is 14.2 Å². The van der Waals surface area contributed by atoms with Crippen molar-refractivity contribution in [1.29, 1.82) is 0 Å². The highest BCUT2D eigenvalue weighted by molar-refractivity contribution is 5.71. The van der Waals surface area contributed by atoms with E-state index < -0.39 is 0 Å². The molecule has 0 aromatic heterocycles. The fourth-order valence-corrected chi connectivity index (χ4v) is 2.19. The smallest absolute Gasteiger partial charge is 0.124 e. The molecule has 2 aromatic carbocycles. The molecular formula is C23H24O3. The molecule has 0 bridgehead atoms. The maximum absolute atomic E-state index is 5.64. The first-order valence-electron chi connectivity index (χ1n) is 8.39. The molecule has 0 atom stereocenters. The van der Waals surface area contributed by atoms with E-state index in [1.165, 1.54) is 0 Å². The van der Waals surface area contributed by atoms with Crippen LogP contribution in [0.4, 0.5) is 0 Å². The predicted molar refractivity (Wildman–Crippen MR) is 109 cm³/mol. The first-order chi connectivity index (χ1) is 12.7. The maximum Gasteiger partial charge on any atom is 0.124 e. The van der Waals surface area contributed by atoms with Crippen molar-refractivity contribution in [1.82, 2.24) is 0 Å². The molecule has 0 aliphatic rings. The summed E-state index contributed by atoms with van der Waals surface area (Å²) in [6, 6.07) is 13.7. The van der Waals surface area contributed by atoms with Gasteiger partial charge in [0, 0.05) is 6.07 Å². The van der Waals surface area contributed by atoms with Gasteiger partial charge in [-0.2, -0.15) is 0 Å². The van der Waals surface area contributed by atoms with Gasteiger partial charge in [-0.05, 0) is 35.4 Å². The van der Waals surface area contributed by atoms with Crippen molar-refractivity contribution in [3.63, 3.8) is 0 Å². The zero-order chi connectivity index (χ0) is 18.6. The van der Waals surface area contributed by atoms with Crippen LogP contribution in [0.5, 0.6) is 17.2 Å². The Bertz CT molecular complexity index is 727. The predicted octanol–water partition coefficient (Wildman–Crippen LogP) is 5.55. The normalized spacial score (nSPS) is 10.3. The van der Waals surface area contributed by atoms with Gasteiger partial charge in [-0.25, -0.2) is 0 Å². The van der Waals surface area contributed by atoms with Gasteiger partial charge in [0.15, 0.2) is 0 Å². The molecule has 0 aliphatic heterocycles. The largest absolute Gasteiger partial charge is 0.490 e. The Labute approximate surface area is 155 Å². The van der Waals surface area contributed by atoms with E-state index in [1.807, 2.05) is 54.6 Å². The Morgan fingerprint density at radius 3 is 1.54 bits per heavy atom. The van der Waals surface area contributed by atoms with Crippen molar-refractivity contribution in [3.05, 3.63) is 91.6 Å². The maximum atomic E-state index is 5.64. The molecule has 0 fully saturated rings. The van der Waals surface area contributed by atoms with Crippen LogP contribution < -0.4 is 14.2 Å². The van der Waals surface area contributed by atoms with Crippen molar-refractivity contribution < 1.29 is 14.2 Å². The highest BCUT2D eigenvalue weighted by atomic mass is 16.5. The number of ether oxygens (including phenoxy) is 3. The minimum absolute atomic E-state index is 0.445. The lowest BCUT2D eigenvalue weighted by molar-refractivity contribution is 0.345. The molecule has 0 spiro atoms. The molecule has 0 aliphatic carbocycles. The van der Waals surface area contributed by atoms with Crippen LogP contribution >= 0.6 is 0 Å². The molecule has 26 heavy (non-hydrogen) atoms. The van der Waals surface area contributed by atoms with Gasteiger partial charge < -0.3 is 14.2 Å². The minimum atomic E-state index is 0.445. The average Bonchev–Trinajstić information content (AvgIpc) is 2.68. The highest BCUT2D eigenvalue weighted by Gasteiger charge is 2.01. The zero-order valence-corrected chi connectivity index (χ0v) is 14.9. The molecule has 134 valence electrons. The monoisotopic (exact) mass is 348 g/mol. The van der Waals surface area contributed by atoms with Crippen LogP contribution in [0.25, 0.3) is 12.2 Å². The summed E-state index contributed by atoms with van der Waals surface area (Å²) in [6.45, 7) is 12.4. The second kappa shape index (κ2) is 10.6. The van der Waals surface area contributed by atoms with E-state index in [0.29, 0.717) is 19.8 Å². The Kier molecular flexibility index (Phi) is 7.81. The molecule has 0 N–H and O–H groups in total. The second-order valence-electron chi connectivity index (χ2n) is 5.44. The molecule has 2 rings (SSSR count). The fourth-order valence-electron chi connectivity index (χ4n) is 2.19. The quantitative estimate of drug-likeness (QED) is 0.393. The molecule has 0 amide bonds. The van der Waals surface area contributed by atoms with Gasteiger partial charge in [0.1, 0.15) is 37.1 Å². The molecule has 0 unspecified atom stereocenters. The highest BCUT2D eigenvalue weighted by Crippen LogP contribution is 2.25. The summed E-state index contributed by atoms with van der Waals surface area (Å²) in [7, 11) is 0. The van der Waals surface area contributed by atoms with Gasteiger partial charge in [0.25, 0.3) is 0 Å². The van der Waals surface area contributed by atoms with E-state index >= 15 is 0 Å². The molecule has 0 radical (unpaired) electrons. The van der Waals surface area contributed by atoms with Gasteiger partial charge in [0.2, 0.25) is 0 Å². The summed E-state index contributed by atoms with van der Waals surface area (Å²) in [4.78, 5) is 0. The van der Waals surface area contributed by atoms with E-state index in [-0.39, 0.29) is 0 Å². The first-order valence-corrected chi connectivity index (χ1v) is 8.39. The zero-order valence-electron chi connectivity index (χ0n) is 14.9. The second-order valence-corrected chi connectivity index (χ2v) is 5.44. The standard InChI is InChI=1S/C23H24O3/c1-4-13-24-21-11-9-19(10-12-21)7-8-20-16-22(25-14-5-2)18-23(17-20)26-15-6-3/h4-12,16-18H,1-3,13-15H2. The third-order valence-electron chi connectivity index (χ3n) is 3.35. The SMILES string of the molecule is C=CCOc1ccc(C=Cc2cc(OCC=C)cc(OCC=C)c2)cc1. The molecule has 3 nitrogen and oxygen atoms in total. The lowest BCUT2D eigenvalue weighted by atomic mass is 10.1. The van der Waals surface area contributed by atoms with Crippen molar-refractivity contribution in [2.24, 2.45) is 0 Å². The van der Waals surface area contributed by atoms with Gasteiger partial charge in [0.05, 0.1) is 0 Å². The van der Waals surface area contributed by atoms with Crippen LogP contribution in [0.1, 0.15) is 11.1 Å². The van der Waals surface area contributed by atoms with Crippen LogP contribution in [0.3, 0.4) is 0 Å². The Morgan fingerprint density at radius 1 is 0.577 bits per heavy atom. The van der Waals surface area contributed by atoms with Crippen molar-refractivity contribution in [2.45, 2.75) is 0 Å². The minimum Gasteiger partial charge on any atom is -0.490 e. The molecular weight excluding hydrogens is 324 g/mol. The van der Waals surface area contributed by atoms with Gasteiger partial charge in [-0.3, -0.25) is 0 Å². The third-order valence-corrected chi connectivity index (χ3v) is 3.35. The Morgan fingerprint density at radius 2 is 1.04 bits per heavy atom. The first kappa shape index (κ1) is 19.1. The van der Waals surface area contributed by atoms with Crippen LogP contribution in [0.2, 0.25) is 0 Å². The summed E-state index contributed by atoms with van der Waals surface area (Å²) in [5.41, 5.74) is 2.06. The summed E-state index contributed by atoms with van der Waals surface area (Å²) in [5, 5.41) is 0. The van der Waals surface area contributed by atoms with Crippen LogP contribution in [0, 0.1) is 0 Å². The van der Waals surface area contributed by atoms with E-state index in [2.05, 4.69) is 19.7 Å². The Hall–Kier alpha value is -3.20. The van der Waals surface area contributed by atoms with Crippen molar-refractivity contribution >= 4 is 12.2 Å². The summed E-state index contributed by atoms with van der Waals surface area (Å²) in [6.07, 6.45) is 9.19. The average molecular weight is 348 g/mol. The lowest BCUT2D eigenvalue weighted by Gasteiger charge is -2.09. The number of hydrogen-bond donors (Lipinski definition) is 0.